The minimum absolute atomic E-state index is 0.0914. The van der Waals surface area contributed by atoms with Crippen LogP contribution in [-0.4, -0.2) is 32.1 Å². The molecule has 1 aliphatic heterocycles. The second-order valence-electron chi connectivity index (χ2n) is 5.37. The summed E-state index contributed by atoms with van der Waals surface area (Å²) in [7, 11) is 0. The summed E-state index contributed by atoms with van der Waals surface area (Å²) in [6.45, 7) is 3.28. The van der Waals surface area contributed by atoms with Gasteiger partial charge in [0, 0.05) is 18.8 Å². The van der Waals surface area contributed by atoms with Crippen molar-refractivity contribution in [3.63, 3.8) is 0 Å². The molecule has 2 aromatic rings. The van der Waals surface area contributed by atoms with E-state index in [0.717, 1.165) is 37.6 Å². The number of allylic oxidation sites excluding steroid dienone is 1. The van der Waals surface area contributed by atoms with Gasteiger partial charge < -0.3 is 9.64 Å². The van der Waals surface area contributed by atoms with Crippen molar-refractivity contribution in [3.05, 3.63) is 71.6 Å². The highest BCUT2D eigenvalue weighted by molar-refractivity contribution is 6.06. The van der Waals surface area contributed by atoms with E-state index in [1.165, 1.54) is 18.2 Å². The highest BCUT2D eigenvalue weighted by atomic mass is 19.1. The number of ketones is 1. The average Bonchev–Trinajstić information content (AvgIpc) is 2.61. The summed E-state index contributed by atoms with van der Waals surface area (Å²) in [5, 5.41) is 0. The van der Waals surface area contributed by atoms with E-state index in [-0.39, 0.29) is 11.3 Å². The lowest BCUT2D eigenvalue weighted by atomic mass is 10.1. The maximum Gasteiger partial charge on any atom is 0.188 e. The molecule has 3 nitrogen and oxygen atoms in total. The Morgan fingerprint density at radius 1 is 1.04 bits per heavy atom. The molecule has 0 atom stereocenters. The third-order valence-corrected chi connectivity index (χ3v) is 3.84. The number of carbonyl (C=O) groups excluding carboxylic acids is 1. The fraction of sp³-hybridized carbons (Fsp3) is 0.211. The summed E-state index contributed by atoms with van der Waals surface area (Å²) in [6.07, 6.45) is 3.11. The molecule has 0 unspecified atom stereocenters. The first-order valence-corrected chi connectivity index (χ1v) is 7.64. The number of benzene rings is 2. The number of nitrogens with zero attached hydrogens (tertiary/aromatic N) is 1. The van der Waals surface area contributed by atoms with Gasteiger partial charge in [0.1, 0.15) is 5.82 Å². The van der Waals surface area contributed by atoms with E-state index in [9.17, 15) is 9.18 Å². The Balaban J connectivity index is 1.68. The van der Waals surface area contributed by atoms with E-state index in [4.69, 9.17) is 4.74 Å². The molecule has 0 saturated carbocycles. The molecule has 23 heavy (non-hydrogen) atoms. The first-order chi connectivity index (χ1) is 11.2. The van der Waals surface area contributed by atoms with E-state index in [1.54, 1.807) is 18.2 Å². The minimum atomic E-state index is -0.496. The predicted octanol–water partition coefficient (Wildman–Crippen LogP) is 3.56. The van der Waals surface area contributed by atoms with Crippen molar-refractivity contribution in [2.45, 2.75) is 0 Å². The van der Waals surface area contributed by atoms with Crippen molar-refractivity contribution in [2.75, 3.05) is 31.2 Å². The fourth-order valence-corrected chi connectivity index (χ4v) is 2.54. The summed E-state index contributed by atoms with van der Waals surface area (Å²) in [6, 6.07) is 14.0. The van der Waals surface area contributed by atoms with Crippen LogP contribution < -0.4 is 4.90 Å². The molecular weight excluding hydrogens is 293 g/mol. The normalized spacial score (nSPS) is 15.1. The largest absolute Gasteiger partial charge is 0.378 e. The van der Waals surface area contributed by atoms with Crippen molar-refractivity contribution >= 4 is 17.5 Å². The lowest BCUT2D eigenvalue weighted by molar-refractivity contribution is 0.104. The van der Waals surface area contributed by atoms with Crippen LogP contribution in [0.25, 0.3) is 6.08 Å². The van der Waals surface area contributed by atoms with Crippen LogP contribution in [0, 0.1) is 5.82 Å². The number of hydrogen-bond donors (Lipinski definition) is 0. The number of rotatable bonds is 4. The molecule has 118 valence electrons. The summed E-state index contributed by atoms with van der Waals surface area (Å²) < 4.78 is 18.9. The van der Waals surface area contributed by atoms with Gasteiger partial charge in [0.2, 0.25) is 0 Å². The van der Waals surface area contributed by atoms with Crippen LogP contribution in [0.5, 0.6) is 0 Å². The van der Waals surface area contributed by atoms with Crippen LogP contribution in [0.1, 0.15) is 15.9 Å². The molecule has 3 rings (SSSR count). The van der Waals surface area contributed by atoms with Gasteiger partial charge in [0.05, 0.1) is 18.8 Å². The van der Waals surface area contributed by atoms with Gasteiger partial charge in [-0.25, -0.2) is 4.39 Å². The molecular formula is C19H18FNO2. The molecule has 1 fully saturated rings. The SMILES string of the molecule is O=C(C=Cc1ccc(N2CCOCC2)cc1)c1ccccc1F. The van der Waals surface area contributed by atoms with Crippen molar-refractivity contribution in [1.29, 1.82) is 0 Å². The first-order valence-electron chi connectivity index (χ1n) is 7.64. The quantitative estimate of drug-likeness (QED) is 0.639. The number of anilines is 1. The summed E-state index contributed by atoms with van der Waals surface area (Å²) >= 11 is 0. The van der Waals surface area contributed by atoms with Crippen LogP contribution in [0.2, 0.25) is 0 Å². The van der Waals surface area contributed by atoms with Gasteiger partial charge in [-0.2, -0.15) is 0 Å². The van der Waals surface area contributed by atoms with Crippen LogP contribution in [0.4, 0.5) is 10.1 Å². The minimum Gasteiger partial charge on any atom is -0.378 e. The van der Waals surface area contributed by atoms with Crippen LogP contribution in [0.15, 0.2) is 54.6 Å². The lowest BCUT2D eigenvalue weighted by Crippen LogP contribution is -2.36. The van der Waals surface area contributed by atoms with E-state index < -0.39 is 5.82 Å². The zero-order valence-corrected chi connectivity index (χ0v) is 12.7. The molecule has 1 saturated heterocycles. The summed E-state index contributed by atoms with van der Waals surface area (Å²) in [4.78, 5) is 14.3. The Morgan fingerprint density at radius 2 is 1.74 bits per heavy atom. The number of hydrogen-bond acceptors (Lipinski definition) is 3. The first kappa shape index (κ1) is 15.4. The number of ether oxygens (including phenoxy) is 1. The van der Waals surface area contributed by atoms with Crippen molar-refractivity contribution < 1.29 is 13.9 Å². The predicted molar refractivity (Wildman–Crippen MR) is 89.2 cm³/mol. The number of morpholine rings is 1. The zero-order valence-electron chi connectivity index (χ0n) is 12.7. The highest BCUT2D eigenvalue weighted by Crippen LogP contribution is 2.17. The maximum atomic E-state index is 13.6. The number of carbonyl (C=O) groups is 1. The van der Waals surface area contributed by atoms with Crippen molar-refractivity contribution in [2.24, 2.45) is 0 Å². The van der Waals surface area contributed by atoms with Crippen molar-refractivity contribution in [1.82, 2.24) is 0 Å². The van der Waals surface area contributed by atoms with Crippen LogP contribution in [-0.2, 0) is 4.74 Å². The third kappa shape index (κ3) is 3.85. The lowest BCUT2D eigenvalue weighted by Gasteiger charge is -2.28. The molecule has 0 amide bonds. The Morgan fingerprint density at radius 3 is 2.43 bits per heavy atom. The number of halogens is 1. The van der Waals surface area contributed by atoms with E-state index in [0.29, 0.717) is 0 Å². The molecule has 0 bridgehead atoms. The second kappa shape index (κ2) is 7.20. The van der Waals surface area contributed by atoms with E-state index >= 15 is 0 Å². The molecule has 0 aromatic heterocycles. The van der Waals surface area contributed by atoms with Gasteiger partial charge in [-0.3, -0.25) is 4.79 Å². The Hall–Kier alpha value is -2.46. The topological polar surface area (TPSA) is 29.5 Å². The average molecular weight is 311 g/mol. The monoisotopic (exact) mass is 311 g/mol. The third-order valence-electron chi connectivity index (χ3n) is 3.84. The smallest absolute Gasteiger partial charge is 0.188 e. The Kier molecular flexibility index (Phi) is 4.83. The van der Waals surface area contributed by atoms with E-state index in [2.05, 4.69) is 4.90 Å². The Labute approximate surface area is 135 Å². The van der Waals surface area contributed by atoms with Crippen molar-refractivity contribution in [3.8, 4) is 0 Å². The standard InChI is InChI=1S/C19H18FNO2/c20-18-4-2-1-3-17(18)19(22)10-7-15-5-8-16(9-6-15)21-11-13-23-14-12-21/h1-10H,11-14H2. The molecule has 1 heterocycles. The van der Waals surface area contributed by atoms with Gasteiger partial charge in [-0.1, -0.05) is 30.3 Å². The van der Waals surface area contributed by atoms with Crippen LogP contribution >= 0.6 is 0 Å². The van der Waals surface area contributed by atoms with Gasteiger partial charge >= 0.3 is 0 Å². The molecule has 2 aromatic carbocycles. The van der Waals surface area contributed by atoms with E-state index in [1.807, 2.05) is 24.3 Å². The van der Waals surface area contributed by atoms with Gasteiger partial charge in [0.25, 0.3) is 0 Å². The molecule has 0 spiro atoms. The molecule has 4 heteroatoms. The zero-order chi connectivity index (χ0) is 16.1. The highest BCUT2D eigenvalue weighted by Gasteiger charge is 2.10. The van der Waals surface area contributed by atoms with Gasteiger partial charge in [0.15, 0.2) is 5.78 Å². The van der Waals surface area contributed by atoms with Gasteiger partial charge in [-0.05, 0) is 35.9 Å². The second-order valence-corrected chi connectivity index (χ2v) is 5.37. The van der Waals surface area contributed by atoms with Crippen LogP contribution in [0.3, 0.4) is 0 Å². The molecule has 0 N–H and O–H groups in total. The molecule has 0 radical (unpaired) electrons. The maximum absolute atomic E-state index is 13.6. The summed E-state index contributed by atoms with van der Waals surface area (Å²) in [5.41, 5.74) is 2.14. The fourth-order valence-electron chi connectivity index (χ4n) is 2.54. The van der Waals surface area contributed by atoms with Gasteiger partial charge in [-0.15, -0.1) is 0 Å². The molecule has 0 aliphatic carbocycles. The summed E-state index contributed by atoms with van der Waals surface area (Å²) in [5.74, 6) is -0.829. The molecule has 1 aliphatic rings. The Bertz CT molecular complexity index is 704.